The van der Waals surface area contributed by atoms with Crippen molar-refractivity contribution in [3.63, 3.8) is 0 Å². The number of halogens is 3. The highest BCUT2D eigenvalue weighted by Crippen LogP contribution is 2.30. The van der Waals surface area contributed by atoms with Crippen molar-refractivity contribution < 1.29 is 18.0 Å². The lowest BCUT2D eigenvalue weighted by molar-refractivity contribution is -0.142. The van der Waals surface area contributed by atoms with Crippen molar-refractivity contribution in [1.29, 1.82) is 0 Å². The zero-order valence-corrected chi connectivity index (χ0v) is 15.3. The second-order valence-corrected chi connectivity index (χ2v) is 6.29. The molecule has 4 aromatic rings. The van der Waals surface area contributed by atoms with Crippen molar-refractivity contribution in [3.05, 3.63) is 90.5 Å². The van der Waals surface area contributed by atoms with E-state index in [9.17, 15) is 18.0 Å². The van der Waals surface area contributed by atoms with Gasteiger partial charge in [-0.25, -0.2) is 14.6 Å². The van der Waals surface area contributed by atoms with Crippen LogP contribution in [0.5, 0.6) is 0 Å². The molecule has 4 rings (SSSR count). The molecule has 0 aliphatic carbocycles. The fraction of sp³-hybridized carbons (Fsp3) is 0.0476. The molecule has 0 fully saturated rings. The summed E-state index contributed by atoms with van der Waals surface area (Å²) in [4.78, 5) is 20.8. The predicted octanol–water partition coefficient (Wildman–Crippen LogP) is 4.60. The van der Waals surface area contributed by atoms with Gasteiger partial charge in [0.15, 0.2) is 5.82 Å². The molecule has 2 aromatic carbocycles. The molecular formula is C21H14F3N5O. The maximum atomic E-state index is 13.0. The van der Waals surface area contributed by atoms with Crippen LogP contribution in [0.1, 0.15) is 16.1 Å². The van der Waals surface area contributed by atoms with Gasteiger partial charge in [0.1, 0.15) is 5.69 Å². The molecule has 9 heteroatoms. The van der Waals surface area contributed by atoms with Crippen molar-refractivity contribution in [2.24, 2.45) is 0 Å². The van der Waals surface area contributed by atoms with Crippen molar-refractivity contribution in [3.8, 4) is 17.1 Å². The monoisotopic (exact) mass is 409 g/mol. The van der Waals surface area contributed by atoms with Gasteiger partial charge in [0.25, 0.3) is 5.91 Å². The van der Waals surface area contributed by atoms with Gasteiger partial charge in [-0.15, -0.1) is 0 Å². The zero-order valence-electron chi connectivity index (χ0n) is 15.3. The fourth-order valence-corrected chi connectivity index (χ4v) is 2.79. The smallest absolute Gasteiger partial charge is 0.322 e. The van der Waals surface area contributed by atoms with Crippen LogP contribution in [-0.2, 0) is 6.18 Å². The molecule has 0 unspecified atom stereocenters. The van der Waals surface area contributed by atoms with Crippen molar-refractivity contribution in [2.75, 3.05) is 5.32 Å². The molecule has 1 amide bonds. The van der Waals surface area contributed by atoms with Gasteiger partial charge in [-0.3, -0.25) is 4.79 Å². The van der Waals surface area contributed by atoms with Crippen LogP contribution in [0.15, 0.2) is 79.3 Å². The molecule has 0 aliphatic rings. The van der Waals surface area contributed by atoms with Gasteiger partial charge in [-0.1, -0.05) is 30.3 Å². The first-order chi connectivity index (χ1) is 14.4. The molecule has 150 valence electrons. The minimum absolute atomic E-state index is 0.223. The van der Waals surface area contributed by atoms with Crippen LogP contribution in [0.2, 0.25) is 0 Å². The van der Waals surface area contributed by atoms with Gasteiger partial charge in [-0.2, -0.15) is 18.3 Å². The topological polar surface area (TPSA) is 72.7 Å². The number of carbonyl (C=O) groups is 1. The van der Waals surface area contributed by atoms with E-state index < -0.39 is 17.8 Å². The number of benzene rings is 2. The second-order valence-electron chi connectivity index (χ2n) is 6.29. The van der Waals surface area contributed by atoms with Crippen LogP contribution >= 0.6 is 0 Å². The first kappa shape index (κ1) is 19.3. The average Bonchev–Trinajstić information content (AvgIpc) is 3.26. The van der Waals surface area contributed by atoms with Gasteiger partial charge in [0.05, 0.1) is 17.4 Å². The number of rotatable bonds is 4. The summed E-state index contributed by atoms with van der Waals surface area (Å²) in [5.74, 6) is 0.0635. The highest BCUT2D eigenvalue weighted by Gasteiger charge is 2.35. The quantitative estimate of drug-likeness (QED) is 0.535. The van der Waals surface area contributed by atoms with E-state index in [-0.39, 0.29) is 11.3 Å². The third-order valence-electron chi connectivity index (χ3n) is 4.25. The van der Waals surface area contributed by atoms with E-state index in [2.05, 4.69) is 20.4 Å². The molecule has 0 saturated heterocycles. The van der Waals surface area contributed by atoms with Gasteiger partial charge < -0.3 is 5.32 Å². The average molecular weight is 409 g/mol. The van der Waals surface area contributed by atoms with Crippen LogP contribution in [0, 0.1) is 0 Å². The molecule has 30 heavy (non-hydrogen) atoms. The largest absolute Gasteiger partial charge is 0.433 e. The third-order valence-corrected chi connectivity index (χ3v) is 4.25. The minimum Gasteiger partial charge on any atom is -0.322 e. The van der Waals surface area contributed by atoms with E-state index in [1.165, 1.54) is 36.7 Å². The van der Waals surface area contributed by atoms with E-state index in [4.69, 9.17) is 0 Å². The molecule has 0 atom stereocenters. The number of nitrogens with zero attached hydrogens (tertiary/aromatic N) is 4. The molecule has 0 bridgehead atoms. The van der Waals surface area contributed by atoms with Gasteiger partial charge in [0, 0.05) is 23.6 Å². The van der Waals surface area contributed by atoms with Gasteiger partial charge >= 0.3 is 6.18 Å². The summed E-state index contributed by atoms with van der Waals surface area (Å²) < 4.78 is 39.8. The Labute approximate surface area is 169 Å². The lowest BCUT2D eigenvalue weighted by Gasteiger charge is -2.11. The molecule has 2 heterocycles. The normalized spacial score (nSPS) is 11.3. The second kappa shape index (κ2) is 7.78. The van der Waals surface area contributed by atoms with Gasteiger partial charge in [-0.05, 0) is 30.3 Å². The van der Waals surface area contributed by atoms with Crippen LogP contribution in [0.3, 0.4) is 0 Å². The summed E-state index contributed by atoms with van der Waals surface area (Å²) in [6, 6.07) is 16.1. The number of alkyl halides is 3. The molecule has 0 aliphatic heterocycles. The molecule has 6 nitrogen and oxygen atoms in total. The summed E-state index contributed by atoms with van der Waals surface area (Å²) in [6.45, 7) is 0. The number of nitrogens with one attached hydrogen (secondary N) is 1. The van der Waals surface area contributed by atoms with Crippen LogP contribution in [0.25, 0.3) is 17.1 Å². The highest BCUT2D eigenvalue weighted by molar-refractivity contribution is 6.03. The van der Waals surface area contributed by atoms with E-state index >= 15 is 0 Å². The van der Waals surface area contributed by atoms with Crippen LogP contribution in [-0.4, -0.2) is 25.7 Å². The van der Waals surface area contributed by atoms with E-state index in [0.717, 1.165) is 22.5 Å². The maximum absolute atomic E-state index is 13.0. The standard InChI is InChI=1S/C21H14F3N5O/c22-21(23,24)18-10-11-27-29(18)17-8-6-16(7-9-17)28-20(30)15-12-25-19(26-13-15)14-4-2-1-3-5-14/h1-13H,(H,28,30). The summed E-state index contributed by atoms with van der Waals surface area (Å²) in [5.41, 5.74) is 0.842. The molecule has 0 spiro atoms. The number of hydrogen-bond acceptors (Lipinski definition) is 4. The van der Waals surface area contributed by atoms with Crippen LogP contribution < -0.4 is 5.32 Å². The highest BCUT2D eigenvalue weighted by atomic mass is 19.4. The Kier molecular flexibility index (Phi) is 5.01. The number of aromatic nitrogens is 4. The lowest BCUT2D eigenvalue weighted by atomic mass is 10.2. The number of anilines is 1. The molecule has 0 saturated carbocycles. The van der Waals surface area contributed by atoms with Crippen molar-refractivity contribution >= 4 is 11.6 Å². The minimum atomic E-state index is -4.52. The van der Waals surface area contributed by atoms with Gasteiger partial charge in [0.2, 0.25) is 0 Å². The Hall–Kier alpha value is -4.01. The van der Waals surface area contributed by atoms with Crippen LogP contribution in [0.4, 0.5) is 18.9 Å². The molecule has 0 radical (unpaired) electrons. The molecular weight excluding hydrogens is 395 g/mol. The SMILES string of the molecule is O=C(Nc1ccc(-n2nccc2C(F)(F)F)cc1)c1cnc(-c2ccccc2)nc1. The van der Waals surface area contributed by atoms with E-state index in [1.54, 1.807) is 0 Å². The van der Waals surface area contributed by atoms with E-state index in [1.807, 2.05) is 30.3 Å². The molecule has 1 N–H and O–H groups in total. The Morgan fingerprint density at radius 1 is 0.900 bits per heavy atom. The molecule has 2 aromatic heterocycles. The van der Waals surface area contributed by atoms with Crippen molar-refractivity contribution in [1.82, 2.24) is 19.7 Å². The lowest BCUT2D eigenvalue weighted by Crippen LogP contribution is -2.14. The fourth-order valence-electron chi connectivity index (χ4n) is 2.79. The first-order valence-electron chi connectivity index (χ1n) is 8.82. The summed E-state index contributed by atoms with van der Waals surface area (Å²) in [6.07, 6.45) is -0.607. The first-order valence-corrected chi connectivity index (χ1v) is 8.82. The Morgan fingerprint density at radius 2 is 1.57 bits per heavy atom. The Morgan fingerprint density at radius 3 is 2.20 bits per heavy atom. The summed E-state index contributed by atoms with van der Waals surface area (Å²) >= 11 is 0. The summed E-state index contributed by atoms with van der Waals surface area (Å²) in [5, 5.41) is 6.38. The number of carbonyl (C=O) groups excluding carboxylic acids is 1. The third kappa shape index (κ3) is 4.04. The predicted molar refractivity (Wildman–Crippen MR) is 104 cm³/mol. The Balaban J connectivity index is 1.47. The number of hydrogen-bond donors (Lipinski definition) is 1. The summed E-state index contributed by atoms with van der Waals surface area (Å²) in [7, 11) is 0. The van der Waals surface area contributed by atoms with E-state index in [0.29, 0.717) is 11.5 Å². The number of amides is 1. The maximum Gasteiger partial charge on any atom is 0.433 e. The van der Waals surface area contributed by atoms with Crippen molar-refractivity contribution in [2.45, 2.75) is 6.18 Å². The Bertz CT molecular complexity index is 1150. The zero-order chi connectivity index (χ0) is 21.1.